The Hall–Kier alpha value is -1.40. The van der Waals surface area contributed by atoms with Gasteiger partial charge in [0.05, 0.1) is 0 Å². The van der Waals surface area contributed by atoms with Crippen LogP contribution in [0.1, 0.15) is 31.7 Å². The molecule has 1 atom stereocenters. The van der Waals surface area contributed by atoms with E-state index in [2.05, 4.69) is 0 Å². The smallest absolute Gasteiger partial charge is 0.165 e. The predicted octanol–water partition coefficient (Wildman–Crippen LogP) is 2.01. The van der Waals surface area contributed by atoms with E-state index in [-0.39, 0.29) is 12.2 Å². The fourth-order valence-corrected chi connectivity index (χ4v) is 2.95. The molecule has 1 unspecified atom stereocenters. The second-order valence-corrected chi connectivity index (χ2v) is 7.52. The molecule has 2 aliphatic rings. The van der Waals surface area contributed by atoms with Crippen LogP contribution >= 0.6 is 0 Å². The van der Waals surface area contributed by atoms with E-state index >= 15 is 0 Å². The van der Waals surface area contributed by atoms with Crippen LogP contribution in [0.3, 0.4) is 0 Å². The lowest BCUT2D eigenvalue weighted by Crippen LogP contribution is -2.26. The van der Waals surface area contributed by atoms with Crippen molar-refractivity contribution in [3.63, 3.8) is 0 Å². The minimum absolute atomic E-state index is 0.225. The third-order valence-electron chi connectivity index (χ3n) is 3.32. The zero-order valence-corrected chi connectivity index (χ0v) is 12.4. The summed E-state index contributed by atoms with van der Waals surface area (Å²) in [6.45, 7) is 1.90. The van der Waals surface area contributed by atoms with Crippen LogP contribution in [0.2, 0.25) is 0 Å². The Kier molecular flexibility index (Phi) is 4.15. The topological polar surface area (TPSA) is 69.7 Å². The van der Waals surface area contributed by atoms with Crippen molar-refractivity contribution in [1.82, 2.24) is 0 Å². The number of Topliss-reactive ketones (excluding diaryl/α,β-unsaturated/α-hetero) is 1. The third-order valence-corrected chi connectivity index (χ3v) is 4.17. The Bertz CT molecular complexity index is 590. The maximum atomic E-state index is 11.5. The van der Waals surface area contributed by atoms with Gasteiger partial charge in [-0.05, 0) is 37.5 Å². The first-order valence-electron chi connectivity index (χ1n) is 6.44. The molecule has 5 nitrogen and oxygen atoms in total. The van der Waals surface area contributed by atoms with Crippen molar-refractivity contribution >= 4 is 15.6 Å². The minimum atomic E-state index is -3.24. The monoisotopic (exact) mass is 298 g/mol. The van der Waals surface area contributed by atoms with Gasteiger partial charge in [-0.1, -0.05) is 12.1 Å². The maximum Gasteiger partial charge on any atom is 0.165 e. The van der Waals surface area contributed by atoms with Gasteiger partial charge >= 0.3 is 0 Å². The number of benzene rings is 1. The molecule has 0 saturated heterocycles. The molecule has 3 rings (SSSR count). The molecule has 110 valence electrons. The fourth-order valence-electron chi connectivity index (χ4n) is 2.22. The van der Waals surface area contributed by atoms with Gasteiger partial charge in [0.15, 0.2) is 15.6 Å². The molecule has 2 heterocycles. The summed E-state index contributed by atoms with van der Waals surface area (Å²) in [6, 6.07) is 7.52. The molecule has 1 aromatic rings. The lowest BCUT2D eigenvalue weighted by atomic mass is 9.90. The van der Waals surface area contributed by atoms with Crippen molar-refractivity contribution in [3.05, 3.63) is 29.8 Å². The van der Waals surface area contributed by atoms with E-state index < -0.39 is 21.2 Å². The van der Waals surface area contributed by atoms with Gasteiger partial charge in [-0.2, -0.15) is 4.89 Å². The first kappa shape index (κ1) is 15.0. The molecule has 6 heteroatoms. The summed E-state index contributed by atoms with van der Waals surface area (Å²) in [5, 5.41) is 0. The zero-order valence-electron chi connectivity index (χ0n) is 11.6. The second-order valence-electron chi connectivity index (χ2n) is 5.38. The summed E-state index contributed by atoms with van der Waals surface area (Å²) in [5.74, 6) is -0.0129. The molecule has 0 aliphatic carbocycles. The first-order chi connectivity index (χ1) is 9.28. The molecular weight excluding hydrogens is 280 g/mol. The highest BCUT2D eigenvalue weighted by Crippen LogP contribution is 2.35. The van der Waals surface area contributed by atoms with E-state index in [0.29, 0.717) is 18.6 Å². The number of fused-ring (bicyclic) bond motifs is 4. The van der Waals surface area contributed by atoms with Crippen molar-refractivity contribution in [2.24, 2.45) is 0 Å². The number of carbonyl (C=O) groups excluding carboxylic acids is 1. The molecule has 0 aromatic heterocycles. The van der Waals surface area contributed by atoms with Gasteiger partial charge in [-0.25, -0.2) is 8.42 Å². The fraction of sp³-hybridized carbons (Fsp3) is 0.500. The standard InChI is InChI=1S/C14H18O5S/c1-14(9-3-4-12(15)10-20(2,16)17)11-5-7-13(8-6-11)18-19-14/h5-8H,3-4,9-10H2,1-2H3. The van der Waals surface area contributed by atoms with Gasteiger partial charge in [-0.3, -0.25) is 4.79 Å². The van der Waals surface area contributed by atoms with Gasteiger partial charge in [0, 0.05) is 12.7 Å². The molecule has 0 spiro atoms. The molecule has 0 amide bonds. The summed E-state index contributed by atoms with van der Waals surface area (Å²) in [5.41, 5.74) is 0.366. The Labute approximate surface area is 118 Å². The molecule has 0 saturated carbocycles. The Morgan fingerprint density at radius 1 is 1.25 bits per heavy atom. The van der Waals surface area contributed by atoms with E-state index in [4.69, 9.17) is 9.78 Å². The number of hydrogen-bond acceptors (Lipinski definition) is 5. The van der Waals surface area contributed by atoms with Crippen LogP contribution in [0, 0.1) is 0 Å². The van der Waals surface area contributed by atoms with E-state index in [0.717, 1.165) is 11.8 Å². The molecule has 0 N–H and O–H groups in total. The van der Waals surface area contributed by atoms with Gasteiger partial charge in [0.2, 0.25) is 0 Å². The summed E-state index contributed by atoms with van der Waals surface area (Å²) < 4.78 is 22.1. The highest BCUT2D eigenvalue weighted by molar-refractivity contribution is 7.91. The average molecular weight is 298 g/mol. The SMILES string of the molecule is CC1(CCCC(=O)CS(C)(=O)=O)OOc2ccc1cc2. The molecule has 0 radical (unpaired) electrons. The van der Waals surface area contributed by atoms with Gasteiger partial charge < -0.3 is 4.89 Å². The molecule has 2 bridgehead atoms. The Morgan fingerprint density at radius 2 is 1.90 bits per heavy atom. The van der Waals surface area contributed by atoms with Crippen molar-refractivity contribution in [2.75, 3.05) is 12.0 Å². The number of ketones is 1. The van der Waals surface area contributed by atoms with Crippen LogP contribution in [0.5, 0.6) is 5.75 Å². The maximum absolute atomic E-state index is 11.5. The number of hydrogen-bond donors (Lipinski definition) is 0. The van der Waals surface area contributed by atoms with Crippen molar-refractivity contribution in [2.45, 2.75) is 31.8 Å². The van der Waals surface area contributed by atoms with E-state index in [9.17, 15) is 13.2 Å². The van der Waals surface area contributed by atoms with Crippen molar-refractivity contribution < 1.29 is 23.0 Å². The van der Waals surface area contributed by atoms with Gasteiger partial charge in [-0.15, -0.1) is 0 Å². The predicted molar refractivity (Wildman–Crippen MR) is 74.1 cm³/mol. The van der Waals surface area contributed by atoms with Crippen molar-refractivity contribution in [1.29, 1.82) is 0 Å². The highest BCUT2D eigenvalue weighted by Gasteiger charge is 2.32. The Balaban J connectivity index is 1.90. The molecule has 20 heavy (non-hydrogen) atoms. The number of sulfone groups is 1. The number of rotatable bonds is 6. The van der Waals surface area contributed by atoms with Crippen LogP contribution in [0.25, 0.3) is 0 Å². The average Bonchev–Trinajstić information content (AvgIpc) is 2.58. The summed E-state index contributed by atoms with van der Waals surface area (Å²) in [7, 11) is -3.24. The van der Waals surface area contributed by atoms with Crippen LogP contribution in [0.15, 0.2) is 24.3 Å². The molecule has 2 aliphatic heterocycles. The van der Waals surface area contributed by atoms with Crippen LogP contribution in [0.4, 0.5) is 0 Å². The van der Waals surface area contributed by atoms with Gasteiger partial charge in [0.1, 0.15) is 17.1 Å². The van der Waals surface area contributed by atoms with E-state index in [1.54, 1.807) is 0 Å². The lowest BCUT2D eigenvalue weighted by Gasteiger charge is -2.25. The van der Waals surface area contributed by atoms with Crippen LogP contribution in [-0.4, -0.2) is 26.2 Å². The van der Waals surface area contributed by atoms with Crippen molar-refractivity contribution in [3.8, 4) is 5.75 Å². The summed E-state index contributed by atoms with van der Waals surface area (Å²) in [4.78, 5) is 22.2. The lowest BCUT2D eigenvalue weighted by molar-refractivity contribution is -0.292. The molecule has 1 aromatic carbocycles. The number of carbonyl (C=O) groups is 1. The minimum Gasteiger partial charge on any atom is -0.337 e. The van der Waals surface area contributed by atoms with Crippen LogP contribution < -0.4 is 4.89 Å². The van der Waals surface area contributed by atoms with E-state index in [1.165, 1.54) is 0 Å². The molecule has 0 fully saturated rings. The second kappa shape index (κ2) is 5.54. The zero-order chi connectivity index (χ0) is 14.8. The Morgan fingerprint density at radius 3 is 2.50 bits per heavy atom. The normalized spacial score (nSPS) is 21.3. The molecular formula is C14H18O5S. The third kappa shape index (κ3) is 3.80. The largest absolute Gasteiger partial charge is 0.337 e. The quantitative estimate of drug-likeness (QED) is 0.751. The van der Waals surface area contributed by atoms with E-state index in [1.807, 2.05) is 31.2 Å². The highest BCUT2D eigenvalue weighted by atomic mass is 32.2. The van der Waals surface area contributed by atoms with Gasteiger partial charge in [0.25, 0.3) is 0 Å². The summed E-state index contributed by atoms with van der Waals surface area (Å²) in [6.07, 6.45) is 2.42. The summed E-state index contributed by atoms with van der Waals surface area (Å²) >= 11 is 0. The van der Waals surface area contributed by atoms with Crippen LogP contribution in [-0.2, 0) is 25.1 Å². The first-order valence-corrected chi connectivity index (χ1v) is 8.50.